The molecule has 2 unspecified atom stereocenters. The Bertz CT molecular complexity index is 1310. The number of hydrogen-bond donors (Lipinski definition) is 0. The van der Waals surface area contributed by atoms with E-state index in [0.717, 1.165) is 64.2 Å². The Balaban J connectivity index is 2.53. The molecular weight excluding hydrogens is 929 g/mol. The van der Waals surface area contributed by atoms with Gasteiger partial charge in [0.25, 0.3) is 0 Å². The average Bonchev–Trinajstić information content (AvgIpc) is 3.43. The first-order valence-corrected chi connectivity index (χ1v) is 34.4. The minimum Gasteiger partial charge on any atom is -0.459 e. The van der Waals surface area contributed by atoms with E-state index in [1.165, 1.54) is 283 Å². The monoisotopic (exact) mass is 1060 g/mol. The maximum absolute atomic E-state index is 14.0. The highest BCUT2D eigenvalue weighted by Gasteiger charge is 2.24. The van der Waals surface area contributed by atoms with Crippen molar-refractivity contribution in [1.82, 2.24) is 0 Å². The van der Waals surface area contributed by atoms with Gasteiger partial charge in [-0.2, -0.15) is 0 Å². The second-order valence-electron chi connectivity index (χ2n) is 23.7. The molecule has 0 aromatic heterocycles. The summed E-state index contributed by atoms with van der Waals surface area (Å²) in [5.41, 5.74) is 0.706. The number of ether oxygens (including phenoxy) is 2. The van der Waals surface area contributed by atoms with Crippen LogP contribution >= 0.6 is 0 Å². The van der Waals surface area contributed by atoms with Crippen LogP contribution in [0, 0.1) is 0 Å². The van der Waals surface area contributed by atoms with Gasteiger partial charge in [-0.25, -0.2) is 9.59 Å². The van der Waals surface area contributed by atoms with Gasteiger partial charge in [0.15, 0.2) is 0 Å². The largest absolute Gasteiger partial charge is 0.459 e. The molecule has 0 aliphatic carbocycles. The molecule has 442 valence electrons. The van der Waals surface area contributed by atoms with Gasteiger partial charge in [0.1, 0.15) is 12.2 Å². The van der Waals surface area contributed by atoms with Crippen LogP contribution in [0.4, 0.5) is 0 Å². The Morgan fingerprint density at radius 1 is 0.289 bits per heavy atom. The lowest BCUT2D eigenvalue weighted by Crippen LogP contribution is -2.23. The lowest BCUT2D eigenvalue weighted by atomic mass is 10.0. The molecule has 0 spiro atoms. The number of carbonyl (C=O) groups excluding carboxylic acids is 2. The molecule has 1 rings (SSSR count). The SMILES string of the molecule is CCCCCCCCCCCCCCCC=CCCCCCCC(CCCCCCCC)OC(=O)c1ccccc1C(=O)OC(CCCCCCC=CCCCCCCCCCCCCCCC)CCCCCCCC. The van der Waals surface area contributed by atoms with Crippen molar-refractivity contribution in [2.24, 2.45) is 0 Å². The van der Waals surface area contributed by atoms with Crippen molar-refractivity contribution in [2.45, 2.75) is 387 Å². The van der Waals surface area contributed by atoms with Gasteiger partial charge >= 0.3 is 11.9 Å². The third-order valence-corrected chi connectivity index (χ3v) is 16.2. The zero-order chi connectivity index (χ0) is 54.7. The highest BCUT2D eigenvalue weighted by atomic mass is 16.5. The van der Waals surface area contributed by atoms with E-state index in [-0.39, 0.29) is 24.1 Å². The van der Waals surface area contributed by atoms with E-state index in [4.69, 9.17) is 9.47 Å². The highest BCUT2D eigenvalue weighted by Crippen LogP contribution is 2.24. The van der Waals surface area contributed by atoms with Gasteiger partial charge in [-0.1, -0.05) is 308 Å². The Morgan fingerprint density at radius 3 is 0.684 bits per heavy atom. The van der Waals surface area contributed by atoms with Crippen LogP contribution in [0.3, 0.4) is 0 Å². The Labute approximate surface area is 475 Å². The molecule has 0 aliphatic rings. The van der Waals surface area contributed by atoms with Gasteiger partial charge in [0.05, 0.1) is 11.1 Å². The summed E-state index contributed by atoms with van der Waals surface area (Å²) in [5, 5.41) is 0. The number of esters is 2. The fourth-order valence-corrected chi connectivity index (χ4v) is 11.1. The molecule has 1 aromatic rings. The van der Waals surface area contributed by atoms with E-state index >= 15 is 0 Å². The molecule has 0 heterocycles. The molecular formula is C72H130O4. The van der Waals surface area contributed by atoms with Gasteiger partial charge in [0.2, 0.25) is 0 Å². The van der Waals surface area contributed by atoms with Crippen molar-refractivity contribution in [3.63, 3.8) is 0 Å². The van der Waals surface area contributed by atoms with E-state index in [9.17, 15) is 9.59 Å². The zero-order valence-electron chi connectivity index (χ0n) is 51.6. The number of allylic oxidation sites excluding steroid dienone is 4. The van der Waals surface area contributed by atoms with Gasteiger partial charge in [0, 0.05) is 0 Å². The van der Waals surface area contributed by atoms with Crippen LogP contribution < -0.4 is 0 Å². The summed E-state index contributed by atoms with van der Waals surface area (Å²) >= 11 is 0. The number of rotatable bonds is 60. The molecule has 0 saturated carbocycles. The normalized spacial score (nSPS) is 12.6. The summed E-state index contributed by atoms with van der Waals surface area (Å²) in [6.45, 7) is 9.12. The number of hydrogen-bond acceptors (Lipinski definition) is 4. The molecule has 0 saturated heterocycles. The van der Waals surface area contributed by atoms with Crippen molar-refractivity contribution in [1.29, 1.82) is 0 Å². The third-order valence-electron chi connectivity index (χ3n) is 16.2. The quantitative estimate of drug-likeness (QED) is 0.0371. The fraction of sp³-hybridized carbons (Fsp3) is 0.833. The van der Waals surface area contributed by atoms with Crippen LogP contribution in [-0.4, -0.2) is 24.1 Å². The van der Waals surface area contributed by atoms with E-state index in [0.29, 0.717) is 11.1 Å². The van der Waals surface area contributed by atoms with Crippen molar-refractivity contribution in [2.75, 3.05) is 0 Å². The standard InChI is InChI=1S/C72H130O4/c1-5-9-13-17-21-23-25-27-29-31-33-35-37-39-41-43-45-47-49-53-57-63-67(61-55-51-19-15-11-7-3)75-71(73)69-65-59-60-66-70(69)72(74)76-68(62-56-52-20-16-12-8-4)64-58-54-50-48-46-44-42-40-38-36-34-32-30-28-26-24-22-18-14-10-6-2/h41-44,59-60,65-68H,5-40,45-58,61-64H2,1-4H3. The van der Waals surface area contributed by atoms with E-state index < -0.39 is 0 Å². The van der Waals surface area contributed by atoms with E-state index in [1.807, 2.05) is 12.1 Å². The van der Waals surface area contributed by atoms with E-state index in [1.54, 1.807) is 12.1 Å². The Morgan fingerprint density at radius 2 is 0.474 bits per heavy atom. The van der Waals surface area contributed by atoms with Crippen LogP contribution in [0.5, 0.6) is 0 Å². The summed E-state index contributed by atoms with van der Waals surface area (Å²) in [5.74, 6) is -0.744. The van der Waals surface area contributed by atoms with Gasteiger partial charge in [-0.05, 0) is 115 Å². The number of carbonyl (C=O) groups is 2. The Hall–Kier alpha value is -2.36. The van der Waals surface area contributed by atoms with Crippen LogP contribution in [-0.2, 0) is 9.47 Å². The first-order chi connectivity index (χ1) is 37.6. The van der Waals surface area contributed by atoms with Crippen molar-refractivity contribution < 1.29 is 19.1 Å². The lowest BCUT2D eigenvalue weighted by Gasteiger charge is -2.21. The van der Waals surface area contributed by atoms with Crippen LogP contribution in [0.15, 0.2) is 48.6 Å². The van der Waals surface area contributed by atoms with E-state index in [2.05, 4.69) is 52.0 Å². The number of benzene rings is 1. The maximum atomic E-state index is 14.0. The van der Waals surface area contributed by atoms with Crippen LogP contribution in [0.25, 0.3) is 0 Å². The summed E-state index contributed by atoms with van der Waals surface area (Å²) in [6, 6.07) is 7.24. The molecule has 4 nitrogen and oxygen atoms in total. The molecule has 0 amide bonds. The molecule has 76 heavy (non-hydrogen) atoms. The average molecular weight is 1060 g/mol. The maximum Gasteiger partial charge on any atom is 0.339 e. The summed E-state index contributed by atoms with van der Waals surface area (Å²) in [6.07, 6.45) is 78.4. The van der Waals surface area contributed by atoms with Crippen LogP contribution in [0.2, 0.25) is 0 Å². The molecule has 2 atom stereocenters. The Kier molecular flexibility index (Phi) is 55.4. The molecule has 0 N–H and O–H groups in total. The molecule has 0 aliphatic heterocycles. The van der Waals surface area contributed by atoms with Crippen molar-refractivity contribution in [3.8, 4) is 0 Å². The van der Waals surface area contributed by atoms with Gasteiger partial charge in [-0.3, -0.25) is 0 Å². The summed E-state index contributed by atoms with van der Waals surface area (Å²) in [4.78, 5) is 28.0. The second-order valence-corrected chi connectivity index (χ2v) is 23.7. The fourth-order valence-electron chi connectivity index (χ4n) is 11.1. The molecule has 4 heteroatoms. The first kappa shape index (κ1) is 71.7. The smallest absolute Gasteiger partial charge is 0.339 e. The van der Waals surface area contributed by atoms with Gasteiger partial charge < -0.3 is 9.47 Å². The third kappa shape index (κ3) is 47.6. The topological polar surface area (TPSA) is 52.6 Å². The molecule has 0 fully saturated rings. The first-order valence-electron chi connectivity index (χ1n) is 34.4. The lowest BCUT2D eigenvalue weighted by molar-refractivity contribution is 0.0201. The predicted molar refractivity (Wildman–Crippen MR) is 335 cm³/mol. The molecule has 0 bridgehead atoms. The minimum atomic E-state index is -0.372. The van der Waals surface area contributed by atoms with Crippen molar-refractivity contribution in [3.05, 3.63) is 59.7 Å². The minimum absolute atomic E-state index is 0.122. The second kappa shape index (κ2) is 58.8. The number of unbranched alkanes of at least 4 members (excludes halogenated alkanes) is 44. The highest BCUT2D eigenvalue weighted by molar-refractivity contribution is 6.03. The predicted octanol–water partition coefficient (Wildman–Crippen LogP) is 25.0. The summed E-state index contributed by atoms with van der Waals surface area (Å²) in [7, 11) is 0. The van der Waals surface area contributed by atoms with Crippen LogP contribution in [0.1, 0.15) is 395 Å². The van der Waals surface area contributed by atoms with Gasteiger partial charge in [-0.15, -0.1) is 0 Å². The molecule has 0 radical (unpaired) electrons. The zero-order valence-corrected chi connectivity index (χ0v) is 51.6. The van der Waals surface area contributed by atoms with Crippen molar-refractivity contribution >= 4 is 11.9 Å². The summed E-state index contributed by atoms with van der Waals surface area (Å²) < 4.78 is 12.7. The molecule has 1 aromatic carbocycles.